The summed E-state index contributed by atoms with van der Waals surface area (Å²) in [6, 6.07) is 5.55. The molecule has 2 aliphatic heterocycles. The quantitative estimate of drug-likeness (QED) is 0.595. The molecule has 1 aromatic carbocycles. The van der Waals surface area contributed by atoms with Gasteiger partial charge in [-0.1, -0.05) is 17.9 Å². The molecule has 30 heavy (non-hydrogen) atoms. The molecule has 4 rings (SSSR count). The predicted octanol–water partition coefficient (Wildman–Crippen LogP) is 3.64. The summed E-state index contributed by atoms with van der Waals surface area (Å²) in [4.78, 5) is 7.02. The van der Waals surface area contributed by atoms with Crippen molar-refractivity contribution < 1.29 is 9.13 Å². The van der Waals surface area contributed by atoms with Crippen LogP contribution in [0.2, 0.25) is 0 Å². The molecule has 2 fully saturated rings. The molecular weight excluding hydrogens is 399 g/mol. The molecule has 0 saturated carbocycles. The summed E-state index contributed by atoms with van der Waals surface area (Å²) >= 11 is 1.76. The van der Waals surface area contributed by atoms with E-state index in [1.54, 1.807) is 25.1 Å². The summed E-state index contributed by atoms with van der Waals surface area (Å²) in [6.45, 7) is 6.95. The fourth-order valence-electron chi connectivity index (χ4n) is 3.77. The van der Waals surface area contributed by atoms with Gasteiger partial charge in [-0.3, -0.25) is 0 Å². The first-order chi connectivity index (χ1) is 14.6. The van der Waals surface area contributed by atoms with Gasteiger partial charge in [-0.15, -0.1) is 0 Å². The first-order valence-corrected chi connectivity index (χ1v) is 11.4. The Balaban J connectivity index is 1.70. The lowest BCUT2D eigenvalue weighted by atomic mass is 9.99. The zero-order valence-electron chi connectivity index (χ0n) is 17.7. The Morgan fingerprint density at radius 1 is 1.23 bits per heavy atom. The fourth-order valence-corrected chi connectivity index (χ4v) is 4.42. The first-order valence-electron chi connectivity index (χ1n) is 10.2. The summed E-state index contributed by atoms with van der Waals surface area (Å²) in [5.74, 6) is 6.87. The van der Waals surface area contributed by atoms with Crippen molar-refractivity contribution in [1.29, 1.82) is 0 Å². The molecule has 0 radical (unpaired) electrons. The summed E-state index contributed by atoms with van der Waals surface area (Å²) in [6.07, 6.45) is 3.94. The van der Waals surface area contributed by atoms with Crippen LogP contribution in [0.15, 0.2) is 24.4 Å². The van der Waals surface area contributed by atoms with Gasteiger partial charge in [-0.2, -0.15) is 0 Å². The summed E-state index contributed by atoms with van der Waals surface area (Å²) in [5, 5.41) is 2.93. The monoisotopic (exact) mass is 426 g/mol. The number of hydrogen-bond donors (Lipinski definition) is 1. The van der Waals surface area contributed by atoms with E-state index >= 15 is 0 Å². The molecule has 2 aliphatic rings. The summed E-state index contributed by atoms with van der Waals surface area (Å²) in [5.41, 5.74) is 5.13. The van der Waals surface area contributed by atoms with Crippen molar-refractivity contribution in [2.45, 2.75) is 6.92 Å². The minimum Gasteiger partial charge on any atom is -0.386 e. The molecule has 0 atom stereocenters. The Morgan fingerprint density at radius 3 is 2.70 bits per heavy atom. The molecular formula is C23H27FN4OS. The van der Waals surface area contributed by atoms with Crippen LogP contribution in [0.4, 0.5) is 15.8 Å². The molecule has 0 spiro atoms. The molecule has 0 aliphatic carbocycles. The van der Waals surface area contributed by atoms with Gasteiger partial charge in [-0.25, -0.2) is 13.7 Å². The third kappa shape index (κ3) is 4.41. The normalized spacial score (nSPS) is 17.3. The largest absolute Gasteiger partial charge is 0.386 e. The molecule has 0 unspecified atom stereocenters. The van der Waals surface area contributed by atoms with Crippen LogP contribution in [0.1, 0.15) is 11.3 Å². The number of rotatable bonds is 4. The molecule has 1 aromatic heterocycles. The second-order valence-electron chi connectivity index (χ2n) is 7.58. The number of halogens is 1. The number of nitrogens with one attached hydrogen (secondary N) is 1. The molecule has 2 saturated heterocycles. The van der Waals surface area contributed by atoms with Gasteiger partial charge in [0.25, 0.3) is 0 Å². The number of hydrogen-bond acceptors (Lipinski definition) is 6. The smallest absolute Gasteiger partial charge is 0.146 e. The summed E-state index contributed by atoms with van der Waals surface area (Å²) in [7, 11) is 1.73. The van der Waals surface area contributed by atoms with E-state index in [9.17, 15) is 4.39 Å². The van der Waals surface area contributed by atoms with Crippen LogP contribution in [-0.4, -0.2) is 62.0 Å². The Kier molecular flexibility index (Phi) is 6.47. The molecule has 0 amide bonds. The maximum Gasteiger partial charge on any atom is 0.146 e. The van der Waals surface area contributed by atoms with E-state index in [-0.39, 0.29) is 5.82 Å². The molecule has 1 N–H and O–H groups in total. The van der Waals surface area contributed by atoms with E-state index in [2.05, 4.69) is 38.7 Å². The predicted molar refractivity (Wildman–Crippen MR) is 122 cm³/mol. The Labute approximate surface area is 182 Å². The van der Waals surface area contributed by atoms with Crippen LogP contribution >= 0.6 is 11.9 Å². The van der Waals surface area contributed by atoms with E-state index in [0.29, 0.717) is 24.8 Å². The van der Waals surface area contributed by atoms with E-state index < -0.39 is 0 Å². The molecule has 0 bridgehead atoms. The topological polar surface area (TPSA) is 40.6 Å². The number of ether oxygens (including phenoxy) is 1. The Hall–Kier alpha value is -2.27. The fraction of sp³-hybridized carbons (Fsp3) is 0.435. The van der Waals surface area contributed by atoms with Crippen LogP contribution in [0.5, 0.6) is 0 Å². The Morgan fingerprint density at radius 2 is 2.00 bits per heavy atom. The van der Waals surface area contributed by atoms with E-state index in [1.807, 2.05) is 19.2 Å². The van der Waals surface area contributed by atoms with Gasteiger partial charge in [0.15, 0.2) is 0 Å². The number of nitrogens with zero attached hydrogens (tertiary/aromatic N) is 3. The van der Waals surface area contributed by atoms with Gasteiger partial charge >= 0.3 is 0 Å². The lowest BCUT2D eigenvalue weighted by Gasteiger charge is -2.33. The lowest BCUT2D eigenvalue weighted by molar-refractivity contribution is 0.122. The second kappa shape index (κ2) is 9.25. The zero-order chi connectivity index (χ0) is 21.1. The maximum absolute atomic E-state index is 14.1. The van der Waals surface area contributed by atoms with Crippen molar-refractivity contribution in [1.82, 2.24) is 9.29 Å². The first kappa shape index (κ1) is 21.0. The van der Waals surface area contributed by atoms with Gasteiger partial charge in [0.05, 0.1) is 24.6 Å². The van der Waals surface area contributed by atoms with Crippen molar-refractivity contribution in [3.05, 3.63) is 41.5 Å². The highest BCUT2D eigenvalue weighted by molar-refractivity contribution is 7.96. The van der Waals surface area contributed by atoms with Crippen molar-refractivity contribution in [2.24, 2.45) is 5.92 Å². The average Bonchev–Trinajstić information content (AvgIpc) is 2.74. The minimum absolute atomic E-state index is 0.248. The highest BCUT2D eigenvalue weighted by atomic mass is 32.2. The molecule has 7 heteroatoms. The highest BCUT2D eigenvalue weighted by Crippen LogP contribution is 2.32. The average molecular weight is 427 g/mol. The Bertz CT molecular complexity index is 975. The molecule has 158 valence electrons. The highest BCUT2D eigenvalue weighted by Gasteiger charge is 2.24. The number of aromatic nitrogens is 1. The number of morpholine rings is 1. The molecule has 3 heterocycles. The van der Waals surface area contributed by atoms with Crippen LogP contribution in [-0.2, 0) is 4.74 Å². The van der Waals surface area contributed by atoms with Gasteiger partial charge in [-0.05, 0) is 48.4 Å². The van der Waals surface area contributed by atoms with Crippen LogP contribution < -0.4 is 10.2 Å². The van der Waals surface area contributed by atoms with Crippen molar-refractivity contribution in [3.8, 4) is 23.0 Å². The van der Waals surface area contributed by atoms with Crippen molar-refractivity contribution >= 4 is 23.3 Å². The van der Waals surface area contributed by atoms with Crippen LogP contribution in [0.25, 0.3) is 11.1 Å². The lowest BCUT2D eigenvalue weighted by Crippen LogP contribution is -2.40. The van der Waals surface area contributed by atoms with Gasteiger partial charge in [0.1, 0.15) is 11.5 Å². The summed E-state index contributed by atoms with van der Waals surface area (Å²) < 4.78 is 22.0. The van der Waals surface area contributed by atoms with Crippen molar-refractivity contribution in [3.63, 3.8) is 0 Å². The minimum atomic E-state index is -0.248. The van der Waals surface area contributed by atoms with E-state index in [0.717, 1.165) is 54.3 Å². The maximum atomic E-state index is 14.1. The zero-order valence-corrected chi connectivity index (χ0v) is 18.5. The number of pyridine rings is 1. The standard InChI is InChI=1S/C23H27FN4OS/c1-16-10-20(24)22(25-2)12-19(16)18-11-23(27-6-8-29-9-7-27)21(26-13-18)5-4-17-14-28(15-17)30-3/h10-13,17,25H,6-9,14-15H2,1-3H3. The third-order valence-electron chi connectivity index (χ3n) is 5.61. The SMILES string of the molecule is CNc1cc(-c2cnc(C#CC3CN(SC)C3)c(N3CCOCC3)c2)c(C)cc1F. The molecule has 5 nitrogen and oxygen atoms in total. The van der Waals surface area contributed by atoms with Crippen LogP contribution in [0, 0.1) is 30.5 Å². The number of anilines is 2. The second-order valence-corrected chi connectivity index (χ2v) is 8.47. The third-order valence-corrected chi connectivity index (χ3v) is 6.43. The van der Waals surface area contributed by atoms with E-state index in [1.165, 1.54) is 0 Å². The van der Waals surface area contributed by atoms with Crippen LogP contribution in [0.3, 0.4) is 0 Å². The van der Waals surface area contributed by atoms with Gasteiger partial charge < -0.3 is 15.0 Å². The van der Waals surface area contributed by atoms with Crippen molar-refractivity contribution in [2.75, 3.05) is 62.9 Å². The van der Waals surface area contributed by atoms with Gasteiger partial charge in [0.2, 0.25) is 0 Å². The van der Waals surface area contributed by atoms with E-state index in [4.69, 9.17) is 9.72 Å². The number of benzene rings is 1. The molecule has 2 aromatic rings. The number of aryl methyl sites for hydroxylation is 1. The van der Waals surface area contributed by atoms with Gasteiger partial charge in [0, 0.05) is 50.9 Å².